The lowest BCUT2D eigenvalue weighted by atomic mass is 10.1. The molecule has 0 bridgehead atoms. The maximum absolute atomic E-state index is 12.3. The van der Waals surface area contributed by atoms with E-state index in [1.807, 2.05) is 24.3 Å². The largest absolute Gasteiger partial charge is 0.488 e. The lowest BCUT2D eigenvalue weighted by molar-refractivity contribution is -0.149. The lowest BCUT2D eigenvalue weighted by Gasteiger charge is -2.19. The number of para-hydroxylation sites is 1. The molecule has 134 valence electrons. The first-order valence-corrected chi connectivity index (χ1v) is 8.59. The highest BCUT2D eigenvalue weighted by Crippen LogP contribution is 2.30. The summed E-state index contributed by atoms with van der Waals surface area (Å²) in [6.45, 7) is 1.56. The van der Waals surface area contributed by atoms with Crippen molar-refractivity contribution >= 4 is 46.8 Å². The van der Waals surface area contributed by atoms with E-state index in [1.54, 1.807) is 24.3 Å². The Morgan fingerprint density at radius 2 is 1.92 bits per heavy atom. The van der Waals surface area contributed by atoms with E-state index in [4.69, 9.17) is 32.7 Å². The number of amides is 1. The molecule has 1 aliphatic heterocycles. The van der Waals surface area contributed by atoms with Gasteiger partial charge >= 0.3 is 5.97 Å². The third-order valence-corrected chi connectivity index (χ3v) is 4.58. The predicted octanol–water partition coefficient (Wildman–Crippen LogP) is 4.34. The third-order valence-electron chi connectivity index (χ3n) is 3.76. The summed E-state index contributed by atoms with van der Waals surface area (Å²) in [6.07, 6.45) is 0.676. The van der Waals surface area contributed by atoms with Gasteiger partial charge in [0.15, 0.2) is 6.10 Å². The number of nitrogens with one attached hydrogen (secondary N) is 1. The van der Waals surface area contributed by atoms with Crippen LogP contribution < -0.4 is 10.1 Å². The van der Waals surface area contributed by atoms with Crippen LogP contribution in [0.2, 0.25) is 10.0 Å². The fourth-order valence-electron chi connectivity index (χ4n) is 2.36. The van der Waals surface area contributed by atoms with Gasteiger partial charge in [-0.2, -0.15) is 0 Å². The maximum Gasteiger partial charge on any atom is 0.338 e. The minimum Gasteiger partial charge on any atom is -0.488 e. The smallest absolute Gasteiger partial charge is 0.338 e. The molecule has 0 saturated carbocycles. The van der Waals surface area contributed by atoms with Gasteiger partial charge in [0.1, 0.15) is 12.4 Å². The Hall–Kier alpha value is -2.50. The molecule has 2 aromatic carbocycles. The van der Waals surface area contributed by atoms with Crippen molar-refractivity contribution in [1.29, 1.82) is 0 Å². The number of anilines is 1. The first-order chi connectivity index (χ1) is 12.5. The van der Waals surface area contributed by atoms with Gasteiger partial charge in [-0.05, 0) is 31.2 Å². The number of fused-ring (bicyclic) bond motifs is 1. The van der Waals surface area contributed by atoms with Crippen molar-refractivity contribution in [3.63, 3.8) is 0 Å². The molecule has 2 aromatic rings. The Balaban J connectivity index is 1.65. The Morgan fingerprint density at radius 3 is 2.73 bits per heavy atom. The number of hydrogen-bond acceptors (Lipinski definition) is 4. The molecule has 0 aromatic heterocycles. The highest BCUT2D eigenvalue weighted by Gasteiger charge is 2.24. The van der Waals surface area contributed by atoms with Crippen LogP contribution in [0.4, 0.5) is 5.69 Å². The van der Waals surface area contributed by atoms with Crippen LogP contribution in [-0.2, 0) is 14.3 Å². The van der Waals surface area contributed by atoms with Crippen LogP contribution in [0, 0.1) is 0 Å². The van der Waals surface area contributed by atoms with E-state index in [-0.39, 0.29) is 11.6 Å². The molecule has 0 radical (unpaired) electrons. The number of benzene rings is 2. The van der Waals surface area contributed by atoms with Crippen LogP contribution >= 0.6 is 23.2 Å². The minimum atomic E-state index is -1.02. The van der Waals surface area contributed by atoms with Crippen LogP contribution in [-0.4, -0.2) is 24.6 Å². The summed E-state index contributed by atoms with van der Waals surface area (Å²) in [4.78, 5) is 24.6. The van der Waals surface area contributed by atoms with Gasteiger partial charge in [0, 0.05) is 5.56 Å². The number of carbonyl (C=O) groups is 2. The van der Waals surface area contributed by atoms with E-state index >= 15 is 0 Å². The fourth-order valence-corrected chi connectivity index (χ4v) is 2.71. The summed E-state index contributed by atoms with van der Waals surface area (Å²) in [5.41, 5.74) is 1.47. The average Bonchev–Trinajstić information content (AvgIpc) is 2.64. The van der Waals surface area contributed by atoms with Crippen molar-refractivity contribution in [3.8, 4) is 5.75 Å². The normalized spacial score (nSPS) is 13.7. The highest BCUT2D eigenvalue weighted by atomic mass is 35.5. The van der Waals surface area contributed by atoms with E-state index in [0.717, 1.165) is 5.56 Å². The Bertz CT molecular complexity index is 895. The van der Waals surface area contributed by atoms with E-state index in [9.17, 15) is 9.59 Å². The molecule has 1 N–H and O–H groups in total. The molecule has 0 aliphatic carbocycles. The number of rotatable bonds is 4. The molecule has 1 unspecified atom stereocenters. The second-order valence-corrected chi connectivity index (χ2v) is 6.42. The summed E-state index contributed by atoms with van der Waals surface area (Å²) in [6, 6.07) is 12.2. The zero-order valence-electron chi connectivity index (χ0n) is 13.8. The molecule has 0 saturated heterocycles. The van der Waals surface area contributed by atoms with Crippen LogP contribution in [0.3, 0.4) is 0 Å². The molecule has 26 heavy (non-hydrogen) atoms. The van der Waals surface area contributed by atoms with Crippen LogP contribution in [0.15, 0.2) is 48.0 Å². The summed E-state index contributed by atoms with van der Waals surface area (Å²) in [5, 5.41) is 3.13. The van der Waals surface area contributed by atoms with Gasteiger partial charge in [-0.3, -0.25) is 4.79 Å². The Labute approximate surface area is 160 Å². The van der Waals surface area contributed by atoms with Gasteiger partial charge in [0.05, 0.1) is 21.3 Å². The first-order valence-electron chi connectivity index (χ1n) is 7.84. The summed E-state index contributed by atoms with van der Waals surface area (Å²) in [7, 11) is 0. The average molecular weight is 392 g/mol. The standard InChI is InChI=1S/C19H15Cl2NO4/c1-11(18(23)22-15-7-4-6-14(20)17(15)21)26-19(24)13-9-12-5-2-3-8-16(12)25-10-13/h2-9,11H,10H2,1H3,(H,22,23). The van der Waals surface area contributed by atoms with Crippen molar-refractivity contribution in [2.45, 2.75) is 13.0 Å². The fraction of sp³-hybridized carbons (Fsp3) is 0.158. The maximum atomic E-state index is 12.3. The van der Waals surface area contributed by atoms with Crippen molar-refractivity contribution in [1.82, 2.24) is 0 Å². The van der Waals surface area contributed by atoms with Crippen molar-refractivity contribution < 1.29 is 19.1 Å². The van der Waals surface area contributed by atoms with Crippen molar-refractivity contribution in [3.05, 3.63) is 63.6 Å². The summed E-state index contributed by atoms with van der Waals surface area (Å²) >= 11 is 12.0. The quantitative estimate of drug-likeness (QED) is 0.787. The number of hydrogen-bond donors (Lipinski definition) is 1. The first kappa shape index (κ1) is 18.3. The van der Waals surface area contributed by atoms with Crippen LogP contribution in [0.5, 0.6) is 5.75 Å². The zero-order valence-corrected chi connectivity index (χ0v) is 15.3. The van der Waals surface area contributed by atoms with Crippen LogP contribution in [0.25, 0.3) is 6.08 Å². The number of halogens is 2. The van der Waals surface area contributed by atoms with Gasteiger partial charge in [-0.25, -0.2) is 4.79 Å². The molecule has 5 nitrogen and oxygen atoms in total. The zero-order chi connectivity index (χ0) is 18.7. The van der Waals surface area contributed by atoms with Gasteiger partial charge in [-0.15, -0.1) is 0 Å². The second-order valence-electron chi connectivity index (χ2n) is 5.63. The van der Waals surface area contributed by atoms with Crippen molar-refractivity contribution in [2.24, 2.45) is 0 Å². The van der Waals surface area contributed by atoms with Gasteiger partial charge in [0.2, 0.25) is 0 Å². The van der Waals surface area contributed by atoms with Gasteiger partial charge in [-0.1, -0.05) is 47.5 Å². The monoisotopic (exact) mass is 391 g/mol. The van der Waals surface area contributed by atoms with E-state index < -0.39 is 18.0 Å². The van der Waals surface area contributed by atoms with Gasteiger partial charge in [0.25, 0.3) is 5.91 Å². The second kappa shape index (κ2) is 7.81. The molecule has 0 spiro atoms. The van der Waals surface area contributed by atoms with E-state index in [1.165, 1.54) is 6.92 Å². The molecule has 1 heterocycles. The number of carbonyl (C=O) groups excluding carboxylic acids is 2. The molecule has 0 fully saturated rings. The van der Waals surface area contributed by atoms with Crippen molar-refractivity contribution in [2.75, 3.05) is 11.9 Å². The molecular formula is C19H15Cl2NO4. The Morgan fingerprint density at radius 1 is 1.15 bits per heavy atom. The third kappa shape index (κ3) is 4.00. The molecule has 1 atom stereocenters. The number of ether oxygens (including phenoxy) is 2. The molecule has 3 rings (SSSR count). The molecule has 7 heteroatoms. The van der Waals surface area contributed by atoms with Gasteiger partial charge < -0.3 is 14.8 Å². The Kier molecular flexibility index (Phi) is 5.49. The summed E-state index contributed by atoms with van der Waals surface area (Å²) < 4.78 is 10.8. The highest BCUT2D eigenvalue weighted by molar-refractivity contribution is 6.44. The number of esters is 1. The predicted molar refractivity (Wildman–Crippen MR) is 101 cm³/mol. The molecular weight excluding hydrogens is 377 g/mol. The van der Waals surface area contributed by atoms with E-state index in [2.05, 4.69) is 5.32 Å². The van der Waals surface area contributed by atoms with Crippen LogP contribution in [0.1, 0.15) is 12.5 Å². The molecule has 1 amide bonds. The van der Waals surface area contributed by atoms with E-state index in [0.29, 0.717) is 22.0 Å². The SMILES string of the molecule is CC(OC(=O)C1=Cc2ccccc2OC1)C(=O)Nc1cccc(Cl)c1Cl. The topological polar surface area (TPSA) is 64.6 Å². The summed E-state index contributed by atoms with van der Waals surface area (Å²) in [5.74, 6) is -0.426. The minimum absolute atomic E-state index is 0.0876. The lowest BCUT2D eigenvalue weighted by Crippen LogP contribution is -2.31. The molecule has 1 aliphatic rings.